The Morgan fingerprint density at radius 2 is 0.583 bits per heavy atom. The van der Waals surface area contributed by atoms with Crippen molar-refractivity contribution >= 4 is 39.5 Å². The van der Waals surface area contributed by atoms with Gasteiger partial charge in [-0.2, -0.15) is 0 Å². The Bertz CT molecular complexity index is 2300. The second-order valence-electron chi connectivity index (χ2n) is 24.1. The van der Waals surface area contributed by atoms with Gasteiger partial charge in [-0.25, -0.2) is 9.13 Å². The van der Waals surface area contributed by atoms with E-state index in [2.05, 4.69) is 125 Å². The van der Waals surface area contributed by atoms with Crippen LogP contribution in [-0.2, 0) is 65.4 Å². The molecule has 0 aromatic rings. The van der Waals surface area contributed by atoms with Gasteiger partial charge in [0.1, 0.15) is 19.3 Å². The number of hydrogen-bond donors (Lipinski definition) is 3. The summed E-state index contributed by atoms with van der Waals surface area (Å²) in [5.41, 5.74) is 0. The van der Waals surface area contributed by atoms with Crippen LogP contribution in [0, 0.1) is 0 Å². The Labute approximate surface area is 581 Å². The molecule has 0 aliphatic heterocycles. The number of rotatable bonds is 68. The minimum atomic E-state index is -4.99. The van der Waals surface area contributed by atoms with Crippen molar-refractivity contribution < 1.29 is 80.2 Å². The van der Waals surface area contributed by atoms with Gasteiger partial charge in [0.2, 0.25) is 0 Å². The monoisotopic (exact) mass is 1390 g/mol. The number of esters is 4. The van der Waals surface area contributed by atoms with Crippen LogP contribution in [0.25, 0.3) is 0 Å². The highest BCUT2D eigenvalue weighted by Gasteiger charge is 2.30. The molecule has 19 heteroatoms. The summed E-state index contributed by atoms with van der Waals surface area (Å²) in [6.07, 6.45) is 73.8. The zero-order valence-electron chi connectivity index (χ0n) is 59.8. The van der Waals surface area contributed by atoms with Crippen molar-refractivity contribution in [2.24, 2.45) is 0 Å². The van der Waals surface area contributed by atoms with Gasteiger partial charge in [-0.15, -0.1) is 0 Å². The van der Waals surface area contributed by atoms with E-state index in [1.807, 2.05) is 18.2 Å². The van der Waals surface area contributed by atoms with Crippen molar-refractivity contribution in [1.29, 1.82) is 0 Å². The highest BCUT2D eigenvalue weighted by atomic mass is 31.2. The summed E-state index contributed by atoms with van der Waals surface area (Å²) >= 11 is 0. The molecule has 0 radical (unpaired) electrons. The number of aliphatic hydroxyl groups excluding tert-OH is 1. The lowest BCUT2D eigenvalue weighted by Gasteiger charge is -2.21. The van der Waals surface area contributed by atoms with Crippen LogP contribution in [0.1, 0.15) is 285 Å². The summed E-state index contributed by atoms with van der Waals surface area (Å²) in [5, 5.41) is 10.6. The largest absolute Gasteiger partial charge is 0.472 e. The number of allylic oxidation sites excluding steroid dienone is 19. The van der Waals surface area contributed by atoms with Crippen molar-refractivity contribution in [2.75, 3.05) is 39.6 Å². The molecule has 3 N–H and O–H groups in total. The number of aliphatic hydroxyl groups is 1. The predicted molar refractivity (Wildman–Crippen MR) is 390 cm³/mol. The first-order chi connectivity index (χ1) is 46.7. The van der Waals surface area contributed by atoms with E-state index >= 15 is 0 Å². The fourth-order valence-electron chi connectivity index (χ4n) is 9.40. The maximum absolute atomic E-state index is 13.0. The summed E-state index contributed by atoms with van der Waals surface area (Å²) < 4.78 is 68.2. The smallest absolute Gasteiger partial charge is 0.462 e. The minimum Gasteiger partial charge on any atom is -0.462 e. The van der Waals surface area contributed by atoms with Crippen molar-refractivity contribution in [3.05, 3.63) is 122 Å². The van der Waals surface area contributed by atoms with E-state index in [-0.39, 0.29) is 25.7 Å². The zero-order chi connectivity index (χ0) is 70.4. The topological polar surface area (TPSA) is 237 Å². The van der Waals surface area contributed by atoms with Gasteiger partial charge in [-0.1, -0.05) is 265 Å². The third-order valence-corrected chi connectivity index (χ3v) is 16.9. The van der Waals surface area contributed by atoms with Crippen LogP contribution in [0.3, 0.4) is 0 Å². The number of carbonyl (C=O) groups excluding carboxylic acids is 4. The van der Waals surface area contributed by atoms with Gasteiger partial charge < -0.3 is 33.8 Å². The van der Waals surface area contributed by atoms with Crippen LogP contribution in [0.15, 0.2) is 122 Å². The van der Waals surface area contributed by atoms with Gasteiger partial charge >= 0.3 is 39.5 Å². The van der Waals surface area contributed by atoms with Gasteiger partial charge in [0.05, 0.1) is 32.8 Å². The molecule has 0 amide bonds. The molecule has 5 atom stereocenters. The lowest BCUT2D eigenvalue weighted by molar-refractivity contribution is -0.161. The van der Waals surface area contributed by atoms with E-state index in [9.17, 15) is 43.2 Å². The standard InChI is InChI=1S/C77H130O17P2/c1-5-9-13-17-21-25-29-32-34-35-37-40-43-46-50-54-58-62-75(80)87-67-72(93-76(81)63-59-55-51-47-41-28-24-20-16-12-8-4)69-91-95(83,84)89-65-71(78)66-90-96(85,86)92-70-73(94-77(82)64-60-56-52-48-44-38-31-27-23-19-15-11-7-3)68-88-74(79)61-57-53-49-45-42-39-36-33-30-26-22-18-14-10-6-2/h9-10,13-14,21-22,25-27,31-34,36-37,40,42,45,53,57,71-73,78H,5-8,11-12,15-20,23-24,28-30,35,38-39,41,43-44,46-52,54-56,58-70H2,1-4H3,(H,83,84)(H,85,86)/b13-9-,14-10-,25-21-,26-22-,31-27-,34-32-,36-33-,40-37-,45-42-,57-53-. The molecule has 0 rings (SSSR count). The highest BCUT2D eigenvalue weighted by Crippen LogP contribution is 2.45. The Kier molecular flexibility index (Phi) is 65.7. The molecule has 96 heavy (non-hydrogen) atoms. The number of phosphoric ester groups is 2. The van der Waals surface area contributed by atoms with Gasteiger partial charge in [0.15, 0.2) is 12.2 Å². The summed E-state index contributed by atoms with van der Waals surface area (Å²) in [6, 6.07) is 0. The summed E-state index contributed by atoms with van der Waals surface area (Å²) in [6.45, 7) is 4.46. The molecule has 0 fully saturated rings. The molecular weight excluding hydrogens is 1260 g/mol. The van der Waals surface area contributed by atoms with E-state index in [1.54, 1.807) is 6.08 Å². The number of unbranched alkanes of at least 4 members (excludes halogenated alkanes) is 23. The maximum atomic E-state index is 13.0. The van der Waals surface area contributed by atoms with Crippen LogP contribution in [0.4, 0.5) is 0 Å². The Hall–Kier alpha value is -4.54. The summed E-state index contributed by atoms with van der Waals surface area (Å²) in [7, 11) is -9.97. The maximum Gasteiger partial charge on any atom is 0.472 e. The SMILES string of the molecule is CC/C=C\C/C=C\C/C=C\C/C=C\C/C=C\CC(=O)OCC(COP(=O)(O)OCC(O)COP(=O)(O)OCC(COC(=O)CCCCCC/C=C\C/C=C\C/C=C\C/C=C\CC)OC(=O)CCCCCCCCCCCCC)OC(=O)CCCCCCC/C=C\CCCCCC. The fraction of sp³-hybridized carbons (Fsp3) is 0.688. The molecule has 0 aliphatic rings. The Morgan fingerprint density at radius 3 is 0.948 bits per heavy atom. The van der Waals surface area contributed by atoms with E-state index in [0.29, 0.717) is 25.7 Å². The molecule has 0 saturated heterocycles. The van der Waals surface area contributed by atoms with Crippen LogP contribution in [0.2, 0.25) is 0 Å². The minimum absolute atomic E-state index is 0.0636. The van der Waals surface area contributed by atoms with Crippen LogP contribution in [0.5, 0.6) is 0 Å². The van der Waals surface area contributed by atoms with Gasteiger partial charge in [0.25, 0.3) is 0 Å². The van der Waals surface area contributed by atoms with Crippen molar-refractivity contribution in [1.82, 2.24) is 0 Å². The lowest BCUT2D eigenvalue weighted by atomic mass is 10.1. The molecule has 0 aromatic carbocycles. The van der Waals surface area contributed by atoms with Gasteiger partial charge in [-0.3, -0.25) is 37.3 Å². The fourth-order valence-corrected chi connectivity index (χ4v) is 11.0. The number of carbonyl (C=O) groups is 4. The first-order valence-electron chi connectivity index (χ1n) is 36.8. The lowest BCUT2D eigenvalue weighted by Crippen LogP contribution is -2.30. The molecule has 0 spiro atoms. The van der Waals surface area contributed by atoms with E-state index < -0.39 is 97.5 Å². The van der Waals surface area contributed by atoms with Gasteiger partial charge in [-0.05, 0) is 116 Å². The molecule has 17 nitrogen and oxygen atoms in total. The third kappa shape index (κ3) is 68.0. The molecule has 550 valence electrons. The average molecular weight is 1390 g/mol. The third-order valence-electron chi connectivity index (χ3n) is 15.0. The molecule has 5 unspecified atom stereocenters. The van der Waals surface area contributed by atoms with Crippen LogP contribution in [-0.4, -0.2) is 96.7 Å². The molecule has 0 aromatic heterocycles. The molecule has 0 heterocycles. The highest BCUT2D eigenvalue weighted by molar-refractivity contribution is 7.47. The molecule has 0 saturated carbocycles. The van der Waals surface area contributed by atoms with E-state index in [4.69, 9.17) is 37.0 Å². The van der Waals surface area contributed by atoms with Crippen molar-refractivity contribution in [3.8, 4) is 0 Å². The van der Waals surface area contributed by atoms with Crippen LogP contribution >= 0.6 is 15.6 Å². The first-order valence-corrected chi connectivity index (χ1v) is 39.8. The first kappa shape index (κ1) is 91.5. The predicted octanol–water partition coefficient (Wildman–Crippen LogP) is 20.8. The molecule has 0 aliphatic carbocycles. The molecule has 0 bridgehead atoms. The molecular formula is C77H130O17P2. The average Bonchev–Trinajstić information content (AvgIpc) is 1.84. The quantitative estimate of drug-likeness (QED) is 0.0169. The summed E-state index contributed by atoms with van der Waals surface area (Å²) in [5.74, 6) is -2.36. The second-order valence-corrected chi connectivity index (χ2v) is 27.0. The number of hydrogen-bond acceptors (Lipinski definition) is 15. The van der Waals surface area contributed by atoms with Crippen molar-refractivity contribution in [2.45, 2.75) is 303 Å². The van der Waals surface area contributed by atoms with Crippen LogP contribution < -0.4 is 0 Å². The van der Waals surface area contributed by atoms with Gasteiger partial charge in [0, 0.05) is 19.3 Å². The Morgan fingerprint density at radius 1 is 0.312 bits per heavy atom. The zero-order valence-corrected chi connectivity index (χ0v) is 61.5. The number of phosphoric acid groups is 2. The van der Waals surface area contributed by atoms with E-state index in [0.717, 1.165) is 141 Å². The normalized spacial score (nSPS) is 14.7. The second kappa shape index (κ2) is 69.0. The number of ether oxygens (including phenoxy) is 4. The summed E-state index contributed by atoms with van der Waals surface area (Å²) in [4.78, 5) is 72.6. The Balaban J connectivity index is 5.40. The van der Waals surface area contributed by atoms with Crippen molar-refractivity contribution in [3.63, 3.8) is 0 Å². The van der Waals surface area contributed by atoms with E-state index in [1.165, 1.54) is 64.2 Å².